The largest absolute Gasteiger partial charge is 2.00 e. The van der Waals surface area contributed by atoms with Crippen LogP contribution in [0.25, 0.3) is 87.2 Å². The number of thiophene rings is 1. The third-order valence-electron chi connectivity index (χ3n) is 12.0. The smallest absolute Gasteiger partial charge is 0.753 e. The van der Waals surface area contributed by atoms with E-state index in [0.717, 1.165) is 36.3 Å². The van der Waals surface area contributed by atoms with Crippen LogP contribution in [-0.4, -0.2) is 49.6 Å². The van der Waals surface area contributed by atoms with E-state index in [9.17, 15) is 27.6 Å². The molecule has 9 aromatic rings. The molecule has 0 bridgehead atoms. The molecule has 6 heterocycles. The molecular formula is C64H47Br3F3N7O6RuS2. The molecule has 86 heavy (non-hydrogen) atoms. The second kappa shape index (κ2) is 34.4. The van der Waals surface area contributed by atoms with Gasteiger partial charge in [0.25, 0.3) is 19.4 Å². The molecule has 9 rings (SSSR count). The number of carbonyl (C=O) groups excluding carboxylic acids is 3. The van der Waals surface area contributed by atoms with Crippen molar-refractivity contribution >= 4 is 144 Å². The van der Waals surface area contributed by atoms with Crippen LogP contribution in [0.3, 0.4) is 0 Å². The number of unbranched alkanes of at least 4 members (excludes halogenated alkanes) is 3. The Morgan fingerprint density at radius 3 is 1.50 bits per heavy atom. The molecule has 0 aliphatic rings. The van der Waals surface area contributed by atoms with E-state index < -0.39 is 11.9 Å². The maximum atomic E-state index is 12.7. The van der Waals surface area contributed by atoms with Gasteiger partial charge in [-0.2, -0.15) is 18.3 Å². The fourth-order valence-corrected chi connectivity index (χ4v) is 10.3. The number of pyridine rings is 4. The van der Waals surface area contributed by atoms with E-state index in [1.165, 1.54) is 35.7 Å². The molecule has 0 atom stereocenters. The Morgan fingerprint density at radius 2 is 1.05 bits per heavy atom. The second-order valence-electron chi connectivity index (χ2n) is 17.9. The van der Waals surface area contributed by atoms with Crippen molar-refractivity contribution in [2.24, 2.45) is 0 Å². The standard InChI is InChI=1S/C42H26Br3N3O6.C21H21F3N3S.CNS.Ru/c43-33-7-1-4-30(21-33)40(52-24-49)18-27-10-12-46-36(14-27)38-16-29(20-42(54-26-51)32-6-3-9-35(45)23-32)17-39(48-38)37-15-28(11-13-47-37)19-41(53-25-50)31-5-2-8-34(44)22-31;1-2-3-4-5-6-16-9-10-17(28-16)8-7-15-11-12-25-18(13-15)19-14-20(27-26-19)21(22,23)24;2-1-3;/h1-26H;7-14H,2-6H2,1H3;;/q;2*-1;+2/b40-18+,41-19+,42-20+;8-7+;;. The predicted octanol–water partition coefficient (Wildman–Crippen LogP) is 17.6. The van der Waals surface area contributed by atoms with Gasteiger partial charge in [0.1, 0.15) is 23.0 Å². The number of rotatable bonds is 22. The summed E-state index contributed by atoms with van der Waals surface area (Å²) in [5.74, 6) is 0.986. The molecule has 0 radical (unpaired) electrons. The minimum atomic E-state index is -4.50. The van der Waals surface area contributed by atoms with Gasteiger partial charge in [0.15, 0.2) is 0 Å². The van der Waals surface area contributed by atoms with Gasteiger partial charge in [0.05, 0.1) is 22.8 Å². The summed E-state index contributed by atoms with van der Waals surface area (Å²) in [6.07, 6.45) is 15.6. The van der Waals surface area contributed by atoms with E-state index in [2.05, 4.69) is 104 Å². The van der Waals surface area contributed by atoms with Gasteiger partial charge < -0.3 is 29.8 Å². The molecule has 0 saturated carbocycles. The zero-order valence-corrected chi connectivity index (χ0v) is 53.3. The maximum absolute atomic E-state index is 12.7. The molecule has 6 aromatic heterocycles. The third kappa shape index (κ3) is 20.7. The van der Waals surface area contributed by atoms with Crippen LogP contribution in [0.4, 0.5) is 13.2 Å². The van der Waals surface area contributed by atoms with Crippen molar-refractivity contribution in [3.8, 4) is 34.2 Å². The SMILES string of the molecule is CCCCCCc1ccc(/C=C/c2ccnc(-c3cc(C(F)(F)F)n[n-]3)c2)s1.O=CO/C(=C/c1ccnc(-c2cc(/C=C(/OC=O)c3cccc(Br)c3)cc(-c3cc(/C=C(/OC=O)c4cccc(Br)c4)ccn3)n2)c1)c1cccc(Br)c1.[N-]=C=S.[Ru+2]. The molecule has 0 aliphatic heterocycles. The molecule has 13 nitrogen and oxygen atoms in total. The zero-order chi connectivity index (χ0) is 60.6. The average molecular weight is 1470 g/mol. The Kier molecular flexibility index (Phi) is 26.9. The van der Waals surface area contributed by atoms with Crippen LogP contribution >= 0.6 is 71.3 Å². The van der Waals surface area contributed by atoms with Crippen molar-refractivity contribution in [2.75, 3.05) is 0 Å². The van der Waals surface area contributed by atoms with E-state index in [-0.39, 0.29) is 25.2 Å². The summed E-state index contributed by atoms with van der Waals surface area (Å²) < 4.78 is 56.7. The van der Waals surface area contributed by atoms with E-state index in [1.54, 1.807) is 72.4 Å². The van der Waals surface area contributed by atoms with Crippen molar-refractivity contribution in [1.82, 2.24) is 30.1 Å². The van der Waals surface area contributed by atoms with Gasteiger partial charge in [-0.15, -0.1) is 11.3 Å². The minimum Gasteiger partial charge on any atom is -0.753 e. The summed E-state index contributed by atoms with van der Waals surface area (Å²) in [6, 6.07) is 41.7. The zero-order valence-electron chi connectivity index (χ0n) is 45.2. The van der Waals surface area contributed by atoms with Crippen LogP contribution in [0, 0.1) is 0 Å². The number of nitrogens with zero attached hydrogens (tertiary/aromatic N) is 7. The molecule has 22 heteroatoms. The first-order valence-electron chi connectivity index (χ1n) is 25.7. The number of hydrogen-bond acceptors (Lipinski definition) is 13. The van der Waals surface area contributed by atoms with Crippen molar-refractivity contribution in [3.63, 3.8) is 0 Å². The Hall–Kier alpha value is -7.81. The topological polar surface area (TPSA) is 180 Å². The number of hydrogen-bond donors (Lipinski definition) is 0. The van der Waals surface area contributed by atoms with Crippen molar-refractivity contribution < 1.29 is 61.2 Å². The summed E-state index contributed by atoms with van der Waals surface area (Å²) >= 11 is 15.9. The quantitative estimate of drug-likeness (QED) is 0.0119. The molecule has 0 fully saturated rings. The van der Waals surface area contributed by atoms with Gasteiger partial charge in [-0.1, -0.05) is 134 Å². The van der Waals surface area contributed by atoms with Gasteiger partial charge in [0.2, 0.25) is 0 Å². The van der Waals surface area contributed by atoms with E-state index >= 15 is 0 Å². The van der Waals surface area contributed by atoms with Crippen molar-refractivity contribution in [2.45, 2.75) is 45.2 Å². The van der Waals surface area contributed by atoms with E-state index in [4.69, 9.17) is 24.6 Å². The summed E-state index contributed by atoms with van der Waals surface area (Å²) in [6.45, 7) is 3.34. The summed E-state index contributed by atoms with van der Waals surface area (Å²) in [5.41, 5.74) is 6.38. The molecule has 0 unspecified atom stereocenters. The van der Waals surface area contributed by atoms with Gasteiger partial charge in [-0.25, -0.2) is 4.98 Å². The third-order valence-corrected chi connectivity index (χ3v) is 14.6. The maximum Gasteiger partial charge on any atom is 2.00 e. The van der Waals surface area contributed by atoms with Crippen LogP contribution in [0.15, 0.2) is 172 Å². The average Bonchev–Trinajstić information content (AvgIpc) is 2.89. The predicted molar refractivity (Wildman–Crippen MR) is 341 cm³/mol. The Balaban J connectivity index is 0.000000310. The number of alkyl halides is 3. The van der Waals surface area contributed by atoms with Crippen LogP contribution in [0.5, 0.6) is 0 Å². The molecular weight excluding hydrogens is 1420 g/mol. The van der Waals surface area contributed by atoms with Crippen LogP contribution < -0.4 is 5.10 Å². The number of aryl methyl sites for hydroxylation is 1. The fourth-order valence-electron chi connectivity index (χ4n) is 8.11. The first-order valence-corrected chi connectivity index (χ1v) is 29.3. The molecule has 0 N–H and O–H groups in total. The van der Waals surface area contributed by atoms with Crippen molar-refractivity contribution in [1.29, 1.82) is 0 Å². The molecule has 3 aromatic carbocycles. The molecule has 0 saturated heterocycles. The molecule has 0 aliphatic carbocycles. The number of benzene rings is 3. The first kappa shape index (κ1) is 67.3. The molecule has 0 amide bonds. The summed E-state index contributed by atoms with van der Waals surface area (Å²) in [5, 5.41) is 15.3. The number of halogens is 6. The number of ether oxygens (including phenoxy) is 3. The minimum absolute atomic E-state index is 0. The van der Waals surface area contributed by atoms with Crippen LogP contribution in [0.1, 0.15) is 87.0 Å². The van der Waals surface area contributed by atoms with Crippen LogP contribution in [-0.2, 0) is 60.7 Å². The fraction of sp³-hybridized carbons (Fsp3) is 0.109. The Labute approximate surface area is 541 Å². The van der Waals surface area contributed by atoms with E-state index in [0.29, 0.717) is 98.5 Å². The van der Waals surface area contributed by atoms with Gasteiger partial charge >= 0.3 is 25.7 Å². The van der Waals surface area contributed by atoms with Gasteiger partial charge in [-0.3, -0.25) is 29.3 Å². The van der Waals surface area contributed by atoms with E-state index in [1.807, 2.05) is 109 Å². The van der Waals surface area contributed by atoms with Gasteiger partial charge in [-0.05, 0) is 163 Å². The number of thiocarbonyl (C=S) groups is 1. The molecule has 0 spiro atoms. The number of carbonyl (C=O) groups is 3. The van der Waals surface area contributed by atoms with Crippen molar-refractivity contribution in [3.05, 3.63) is 231 Å². The summed E-state index contributed by atoms with van der Waals surface area (Å²) in [4.78, 5) is 55.4. The second-order valence-corrected chi connectivity index (χ2v) is 22.1. The molecule has 436 valence electrons. The monoisotopic (exact) mass is 1470 g/mol. The summed E-state index contributed by atoms with van der Waals surface area (Å²) in [7, 11) is 0. The number of isothiocyanates is 1. The normalized spacial score (nSPS) is 11.5. The Morgan fingerprint density at radius 1 is 0.593 bits per heavy atom. The first-order chi connectivity index (χ1) is 41.2. The van der Waals surface area contributed by atoms with Crippen LogP contribution in [0.2, 0.25) is 0 Å². The number of aromatic nitrogens is 6. The Bertz CT molecular complexity index is 3810. The van der Waals surface area contributed by atoms with Gasteiger partial charge in [0, 0.05) is 64.1 Å².